The summed E-state index contributed by atoms with van der Waals surface area (Å²) in [5, 5.41) is 11.2. The Hall–Kier alpha value is -2.28. The number of carboxylic acids is 1. The topological polar surface area (TPSA) is 75.6 Å². The van der Waals surface area contributed by atoms with E-state index in [0.717, 1.165) is 6.07 Å². The van der Waals surface area contributed by atoms with Gasteiger partial charge >= 0.3 is 5.97 Å². The van der Waals surface area contributed by atoms with Crippen LogP contribution in [-0.4, -0.2) is 36.2 Å². The van der Waals surface area contributed by atoms with E-state index in [9.17, 15) is 18.4 Å². The van der Waals surface area contributed by atoms with E-state index >= 15 is 0 Å². The van der Waals surface area contributed by atoms with Gasteiger partial charge in [-0.2, -0.15) is 0 Å². The molecule has 0 heterocycles. The number of hydrogen-bond acceptors (Lipinski definition) is 3. The van der Waals surface area contributed by atoms with Crippen molar-refractivity contribution in [2.45, 2.75) is 12.5 Å². The minimum Gasteiger partial charge on any atom is -0.480 e. The van der Waals surface area contributed by atoms with Crippen molar-refractivity contribution in [1.29, 1.82) is 0 Å². The number of benzene rings is 1. The van der Waals surface area contributed by atoms with Crippen molar-refractivity contribution in [2.24, 2.45) is 0 Å². The number of nitrogens with one attached hydrogen (secondary N) is 1. The molecular formula is C14H15F2NO4. The lowest BCUT2D eigenvalue weighted by atomic mass is 10.1. The van der Waals surface area contributed by atoms with E-state index in [0.29, 0.717) is 0 Å². The molecule has 1 aromatic carbocycles. The molecule has 0 bridgehead atoms. The van der Waals surface area contributed by atoms with Crippen LogP contribution in [0, 0.1) is 0 Å². The first kappa shape index (κ1) is 16.8. The molecule has 0 aliphatic carbocycles. The van der Waals surface area contributed by atoms with E-state index in [-0.39, 0.29) is 24.3 Å². The number of rotatable bonds is 8. The van der Waals surface area contributed by atoms with E-state index in [1.165, 1.54) is 24.3 Å². The van der Waals surface area contributed by atoms with Crippen molar-refractivity contribution >= 4 is 11.9 Å². The van der Waals surface area contributed by atoms with Gasteiger partial charge in [0, 0.05) is 11.1 Å². The van der Waals surface area contributed by atoms with Crippen molar-refractivity contribution in [1.82, 2.24) is 5.32 Å². The van der Waals surface area contributed by atoms with Gasteiger partial charge < -0.3 is 15.2 Å². The second-order valence-electron chi connectivity index (χ2n) is 4.12. The maximum absolute atomic E-state index is 12.6. The van der Waals surface area contributed by atoms with Crippen LogP contribution in [0.3, 0.4) is 0 Å². The van der Waals surface area contributed by atoms with Crippen LogP contribution in [0.5, 0.6) is 0 Å². The highest BCUT2D eigenvalue weighted by Gasteiger charge is 2.21. The summed E-state index contributed by atoms with van der Waals surface area (Å²) in [5.41, 5.74) is -0.347. The van der Waals surface area contributed by atoms with Gasteiger partial charge in [0.25, 0.3) is 12.3 Å². The smallest absolute Gasteiger partial charge is 0.328 e. The van der Waals surface area contributed by atoms with Crippen molar-refractivity contribution < 1.29 is 28.2 Å². The van der Waals surface area contributed by atoms with E-state index in [1.807, 2.05) is 0 Å². The molecule has 0 saturated carbocycles. The number of alkyl halides is 2. The Kier molecular flexibility index (Phi) is 6.48. The van der Waals surface area contributed by atoms with Crippen molar-refractivity contribution in [3.8, 4) is 0 Å². The second-order valence-corrected chi connectivity index (χ2v) is 4.12. The first-order chi connectivity index (χ1) is 9.95. The van der Waals surface area contributed by atoms with E-state index in [4.69, 9.17) is 9.84 Å². The number of carbonyl (C=O) groups excluding carboxylic acids is 1. The maximum atomic E-state index is 12.6. The van der Waals surface area contributed by atoms with Crippen LogP contribution in [0.1, 0.15) is 22.3 Å². The summed E-state index contributed by atoms with van der Waals surface area (Å²) >= 11 is 0. The quantitative estimate of drug-likeness (QED) is 0.569. The van der Waals surface area contributed by atoms with Crippen LogP contribution < -0.4 is 5.32 Å². The highest BCUT2D eigenvalue weighted by molar-refractivity contribution is 5.96. The fourth-order valence-electron chi connectivity index (χ4n) is 1.50. The molecule has 2 N–H and O–H groups in total. The zero-order valence-electron chi connectivity index (χ0n) is 11.1. The molecule has 0 aliphatic rings. The lowest BCUT2D eigenvalue weighted by Gasteiger charge is -2.14. The third-order valence-electron chi connectivity index (χ3n) is 2.52. The molecular weight excluding hydrogens is 284 g/mol. The third-order valence-corrected chi connectivity index (χ3v) is 2.52. The number of hydrogen-bond donors (Lipinski definition) is 2. The van der Waals surface area contributed by atoms with Crippen molar-refractivity contribution in [3.05, 3.63) is 48.0 Å². The molecule has 1 rings (SSSR count). The SMILES string of the molecule is C=CCOCC(NC(=O)c1cccc(C(F)F)c1)C(=O)O. The molecule has 0 aliphatic heterocycles. The van der Waals surface area contributed by atoms with Crippen LogP contribution in [-0.2, 0) is 9.53 Å². The average molecular weight is 299 g/mol. The molecule has 0 spiro atoms. The molecule has 1 amide bonds. The fourth-order valence-corrected chi connectivity index (χ4v) is 1.50. The Labute approximate surface area is 120 Å². The van der Waals surface area contributed by atoms with Crippen LogP contribution in [0.15, 0.2) is 36.9 Å². The Morgan fingerprint density at radius 1 is 1.43 bits per heavy atom. The molecule has 7 heteroatoms. The molecule has 5 nitrogen and oxygen atoms in total. The molecule has 114 valence electrons. The Bertz CT molecular complexity index is 519. The van der Waals surface area contributed by atoms with Gasteiger partial charge in [-0.05, 0) is 12.1 Å². The van der Waals surface area contributed by atoms with Crippen LogP contribution in [0.4, 0.5) is 8.78 Å². The highest BCUT2D eigenvalue weighted by atomic mass is 19.3. The molecule has 0 aromatic heterocycles. The summed E-state index contributed by atoms with van der Waals surface area (Å²) in [7, 11) is 0. The fraction of sp³-hybridized carbons (Fsp3) is 0.286. The second kappa shape index (κ2) is 8.11. The minimum absolute atomic E-state index is 0.0391. The van der Waals surface area contributed by atoms with Crippen LogP contribution >= 0.6 is 0 Å². The van der Waals surface area contributed by atoms with Gasteiger partial charge in [-0.15, -0.1) is 6.58 Å². The summed E-state index contributed by atoms with van der Waals surface area (Å²) in [6, 6.07) is 3.56. The molecule has 1 unspecified atom stereocenters. The average Bonchev–Trinajstić information content (AvgIpc) is 2.46. The van der Waals surface area contributed by atoms with E-state index in [1.54, 1.807) is 0 Å². The summed E-state index contributed by atoms with van der Waals surface area (Å²) in [6.07, 6.45) is -1.27. The van der Waals surface area contributed by atoms with E-state index < -0.39 is 24.3 Å². The summed E-state index contributed by atoms with van der Waals surface area (Å²) in [5.74, 6) is -2.04. The Morgan fingerprint density at radius 3 is 2.71 bits per heavy atom. The zero-order chi connectivity index (χ0) is 15.8. The summed E-state index contributed by atoms with van der Waals surface area (Å²) in [6.45, 7) is 3.30. The lowest BCUT2D eigenvalue weighted by molar-refractivity contribution is -0.140. The maximum Gasteiger partial charge on any atom is 0.328 e. The number of aliphatic carboxylic acids is 1. The van der Waals surface area contributed by atoms with Crippen molar-refractivity contribution in [3.63, 3.8) is 0 Å². The van der Waals surface area contributed by atoms with Gasteiger partial charge in [0.2, 0.25) is 0 Å². The molecule has 1 aromatic rings. The number of carbonyl (C=O) groups is 2. The third kappa shape index (κ3) is 5.31. The number of ether oxygens (including phenoxy) is 1. The number of carboxylic acid groups (broad SMARTS) is 1. The van der Waals surface area contributed by atoms with Gasteiger partial charge in [-0.3, -0.25) is 4.79 Å². The standard InChI is InChI=1S/C14H15F2NO4/c1-2-6-21-8-11(14(19)20)17-13(18)10-5-3-4-9(7-10)12(15)16/h2-5,7,11-12H,1,6,8H2,(H,17,18)(H,19,20). The normalized spacial score (nSPS) is 12.0. The van der Waals surface area contributed by atoms with Gasteiger partial charge in [-0.1, -0.05) is 18.2 Å². The number of halogens is 2. The molecule has 0 saturated heterocycles. The molecule has 0 fully saturated rings. The minimum atomic E-state index is -2.70. The molecule has 0 radical (unpaired) electrons. The number of amides is 1. The molecule has 1 atom stereocenters. The predicted molar refractivity (Wildman–Crippen MR) is 71.3 cm³/mol. The monoisotopic (exact) mass is 299 g/mol. The molecule has 21 heavy (non-hydrogen) atoms. The van der Waals surface area contributed by atoms with Gasteiger partial charge in [0.05, 0.1) is 13.2 Å². The van der Waals surface area contributed by atoms with E-state index in [2.05, 4.69) is 11.9 Å². The van der Waals surface area contributed by atoms with Crippen molar-refractivity contribution in [2.75, 3.05) is 13.2 Å². The summed E-state index contributed by atoms with van der Waals surface area (Å²) < 4.78 is 30.1. The highest BCUT2D eigenvalue weighted by Crippen LogP contribution is 2.19. The van der Waals surface area contributed by atoms with Gasteiger partial charge in [0.15, 0.2) is 6.04 Å². The summed E-state index contributed by atoms with van der Waals surface area (Å²) in [4.78, 5) is 22.9. The largest absolute Gasteiger partial charge is 0.480 e. The Balaban J connectivity index is 2.74. The zero-order valence-corrected chi connectivity index (χ0v) is 11.1. The lowest BCUT2D eigenvalue weighted by Crippen LogP contribution is -2.44. The Morgan fingerprint density at radius 2 is 2.14 bits per heavy atom. The first-order valence-electron chi connectivity index (χ1n) is 6.06. The van der Waals surface area contributed by atoms with Gasteiger partial charge in [-0.25, -0.2) is 13.6 Å². The first-order valence-corrected chi connectivity index (χ1v) is 6.06. The van der Waals surface area contributed by atoms with Gasteiger partial charge in [0.1, 0.15) is 0 Å². The predicted octanol–water partition coefficient (Wildman–Crippen LogP) is 2.01. The van der Waals surface area contributed by atoms with Crippen LogP contribution in [0.25, 0.3) is 0 Å². The van der Waals surface area contributed by atoms with Crippen LogP contribution in [0.2, 0.25) is 0 Å².